The third kappa shape index (κ3) is 5.44. The molecule has 0 aliphatic rings. The highest BCUT2D eigenvalue weighted by atomic mass is 19.4. The Kier molecular flexibility index (Phi) is 6.32. The lowest BCUT2D eigenvalue weighted by Gasteiger charge is -2.13. The van der Waals surface area contributed by atoms with Gasteiger partial charge in [0.1, 0.15) is 17.8 Å². The monoisotopic (exact) mass is 352 g/mol. The molecule has 2 rings (SSSR count). The highest BCUT2D eigenvalue weighted by molar-refractivity contribution is 6.03. The van der Waals surface area contributed by atoms with Gasteiger partial charge >= 0.3 is 6.18 Å². The van der Waals surface area contributed by atoms with Crippen molar-refractivity contribution in [2.24, 2.45) is 0 Å². The van der Waals surface area contributed by atoms with Gasteiger partial charge in [-0.2, -0.15) is 13.2 Å². The van der Waals surface area contributed by atoms with Gasteiger partial charge < -0.3 is 10.6 Å². The summed E-state index contributed by atoms with van der Waals surface area (Å²) in [7, 11) is 0. The minimum Gasteiger partial charge on any atom is -0.370 e. The van der Waals surface area contributed by atoms with E-state index < -0.39 is 17.6 Å². The molecule has 8 heteroatoms. The third-order valence-electron chi connectivity index (χ3n) is 3.47. The topological polar surface area (TPSA) is 66.9 Å². The van der Waals surface area contributed by atoms with E-state index in [1.807, 2.05) is 0 Å². The number of nitrogens with one attached hydrogen (secondary N) is 2. The van der Waals surface area contributed by atoms with E-state index in [0.29, 0.717) is 12.4 Å². The van der Waals surface area contributed by atoms with Crippen molar-refractivity contribution in [2.75, 3.05) is 17.2 Å². The predicted molar refractivity (Wildman–Crippen MR) is 89.4 cm³/mol. The van der Waals surface area contributed by atoms with Crippen LogP contribution < -0.4 is 10.6 Å². The lowest BCUT2D eigenvalue weighted by atomic mass is 10.1. The number of amides is 1. The Morgan fingerprint density at radius 2 is 1.92 bits per heavy atom. The van der Waals surface area contributed by atoms with Crippen molar-refractivity contribution < 1.29 is 18.0 Å². The molecule has 0 aliphatic carbocycles. The van der Waals surface area contributed by atoms with Crippen molar-refractivity contribution in [3.05, 3.63) is 47.9 Å². The van der Waals surface area contributed by atoms with E-state index in [2.05, 4.69) is 27.5 Å². The molecule has 0 saturated heterocycles. The van der Waals surface area contributed by atoms with Crippen LogP contribution in [0.3, 0.4) is 0 Å². The lowest BCUT2D eigenvalue weighted by Crippen LogP contribution is -2.18. The van der Waals surface area contributed by atoms with Gasteiger partial charge in [-0.3, -0.25) is 4.79 Å². The van der Waals surface area contributed by atoms with Crippen LogP contribution in [0.1, 0.15) is 42.2 Å². The SMILES string of the molecule is CCCCCNc1cc(C(=O)Nc2ccccc2C(F)(F)F)ncn1. The maximum atomic E-state index is 13.0. The van der Waals surface area contributed by atoms with Gasteiger partial charge in [0, 0.05) is 12.6 Å². The van der Waals surface area contributed by atoms with Gasteiger partial charge in [0.2, 0.25) is 0 Å². The molecular weight excluding hydrogens is 333 g/mol. The highest BCUT2D eigenvalue weighted by Crippen LogP contribution is 2.34. The largest absolute Gasteiger partial charge is 0.418 e. The first-order valence-electron chi connectivity index (χ1n) is 7.95. The minimum atomic E-state index is -4.55. The molecule has 2 aromatic rings. The Bertz CT molecular complexity index is 719. The van der Waals surface area contributed by atoms with Gasteiger partial charge in [-0.15, -0.1) is 0 Å². The van der Waals surface area contributed by atoms with Crippen LogP contribution in [-0.2, 0) is 6.18 Å². The number of nitrogens with zero attached hydrogens (tertiary/aromatic N) is 2. The second-order valence-electron chi connectivity index (χ2n) is 5.42. The Labute approximate surface area is 143 Å². The molecule has 134 valence electrons. The maximum absolute atomic E-state index is 13.0. The first kappa shape index (κ1) is 18.7. The van der Waals surface area contributed by atoms with E-state index in [0.717, 1.165) is 25.3 Å². The van der Waals surface area contributed by atoms with E-state index in [1.165, 1.54) is 30.6 Å². The minimum absolute atomic E-state index is 0.00929. The molecule has 0 fully saturated rings. The van der Waals surface area contributed by atoms with Gasteiger partial charge in [0.25, 0.3) is 5.91 Å². The molecule has 0 bridgehead atoms. The summed E-state index contributed by atoms with van der Waals surface area (Å²) < 4.78 is 38.9. The van der Waals surface area contributed by atoms with E-state index in [4.69, 9.17) is 0 Å². The molecule has 1 aromatic carbocycles. The highest BCUT2D eigenvalue weighted by Gasteiger charge is 2.33. The molecule has 0 spiro atoms. The van der Waals surface area contributed by atoms with Crippen LogP contribution >= 0.6 is 0 Å². The van der Waals surface area contributed by atoms with Gasteiger partial charge in [-0.1, -0.05) is 31.9 Å². The standard InChI is InChI=1S/C17H19F3N4O/c1-2-3-6-9-21-15-10-14(22-11-23-15)16(25)24-13-8-5-4-7-12(13)17(18,19)20/h4-5,7-8,10-11H,2-3,6,9H2,1H3,(H,24,25)(H,21,22,23). The van der Waals surface area contributed by atoms with Crippen molar-refractivity contribution in [1.29, 1.82) is 0 Å². The Balaban J connectivity index is 2.09. The Morgan fingerprint density at radius 3 is 2.64 bits per heavy atom. The number of hydrogen-bond acceptors (Lipinski definition) is 4. The summed E-state index contributed by atoms with van der Waals surface area (Å²) in [5, 5.41) is 5.32. The zero-order chi connectivity index (χ0) is 18.3. The fourth-order valence-corrected chi connectivity index (χ4v) is 2.20. The third-order valence-corrected chi connectivity index (χ3v) is 3.47. The number of carbonyl (C=O) groups is 1. The van der Waals surface area contributed by atoms with Crippen molar-refractivity contribution in [2.45, 2.75) is 32.4 Å². The quantitative estimate of drug-likeness (QED) is 0.727. The Morgan fingerprint density at radius 1 is 1.16 bits per heavy atom. The fourth-order valence-electron chi connectivity index (χ4n) is 2.20. The molecule has 5 nitrogen and oxygen atoms in total. The maximum Gasteiger partial charge on any atom is 0.418 e. The number of carbonyl (C=O) groups excluding carboxylic acids is 1. The summed E-state index contributed by atoms with van der Waals surface area (Å²) >= 11 is 0. The van der Waals surface area contributed by atoms with Crippen LogP contribution in [0.5, 0.6) is 0 Å². The van der Waals surface area contributed by atoms with Crippen molar-refractivity contribution >= 4 is 17.4 Å². The summed E-state index contributed by atoms with van der Waals surface area (Å²) in [6.07, 6.45) is -0.243. The fraction of sp³-hybridized carbons (Fsp3) is 0.353. The molecule has 1 amide bonds. The molecule has 0 atom stereocenters. The van der Waals surface area contributed by atoms with E-state index in [-0.39, 0.29) is 11.4 Å². The van der Waals surface area contributed by atoms with Crippen LogP contribution in [0.4, 0.5) is 24.7 Å². The number of rotatable bonds is 7. The molecule has 0 unspecified atom stereocenters. The van der Waals surface area contributed by atoms with Gasteiger partial charge in [-0.05, 0) is 18.6 Å². The number of anilines is 2. The summed E-state index contributed by atoms with van der Waals surface area (Å²) in [6, 6.07) is 6.21. The number of para-hydroxylation sites is 1. The molecule has 0 radical (unpaired) electrons. The van der Waals surface area contributed by atoms with E-state index in [9.17, 15) is 18.0 Å². The zero-order valence-corrected chi connectivity index (χ0v) is 13.7. The van der Waals surface area contributed by atoms with Crippen molar-refractivity contribution in [3.8, 4) is 0 Å². The average Bonchev–Trinajstić information content (AvgIpc) is 2.58. The first-order chi connectivity index (χ1) is 11.9. The van der Waals surface area contributed by atoms with E-state index in [1.54, 1.807) is 0 Å². The average molecular weight is 352 g/mol. The number of alkyl halides is 3. The van der Waals surface area contributed by atoms with Gasteiger partial charge in [0.05, 0.1) is 11.3 Å². The molecule has 25 heavy (non-hydrogen) atoms. The molecule has 2 N–H and O–H groups in total. The number of hydrogen-bond donors (Lipinski definition) is 2. The zero-order valence-electron chi connectivity index (χ0n) is 13.7. The predicted octanol–water partition coefficient (Wildman–Crippen LogP) is 4.35. The molecular formula is C17H19F3N4O. The number of aromatic nitrogens is 2. The van der Waals surface area contributed by atoms with Gasteiger partial charge in [-0.25, -0.2) is 9.97 Å². The van der Waals surface area contributed by atoms with Crippen LogP contribution in [0.25, 0.3) is 0 Å². The molecule has 1 aromatic heterocycles. The molecule has 0 aliphatic heterocycles. The van der Waals surface area contributed by atoms with Crippen molar-refractivity contribution in [1.82, 2.24) is 9.97 Å². The molecule has 1 heterocycles. The lowest BCUT2D eigenvalue weighted by molar-refractivity contribution is -0.136. The van der Waals surface area contributed by atoms with Crippen LogP contribution in [0.15, 0.2) is 36.7 Å². The van der Waals surface area contributed by atoms with Crippen LogP contribution in [-0.4, -0.2) is 22.4 Å². The summed E-state index contributed by atoms with van der Waals surface area (Å²) in [5.41, 5.74) is -1.23. The second kappa shape index (κ2) is 8.46. The first-order valence-corrected chi connectivity index (χ1v) is 7.95. The van der Waals surface area contributed by atoms with Crippen LogP contribution in [0, 0.1) is 0 Å². The number of unbranched alkanes of at least 4 members (excludes halogenated alkanes) is 2. The summed E-state index contributed by atoms with van der Waals surface area (Å²) in [5.74, 6) is -0.268. The van der Waals surface area contributed by atoms with E-state index >= 15 is 0 Å². The van der Waals surface area contributed by atoms with Crippen molar-refractivity contribution in [3.63, 3.8) is 0 Å². The number of benzene rings is 1. The Hall–Kier alpha value is -2.64. The number of halogens is 3. The van der Waals surface area contributed by atoms with Gasteiger partial charge in [0.15, 0.2) is 0 Å². The normalized spacial score (nSPS) is 11.2. The second-order valence-corrected chi connectivity index (χ2v) is 5.42. The summed E-state index contributed by atoms with van der Waals surface area (Å²) in [4.78, 5) is 20.1. The summed E-state index contributed by atoms with van der Waals surface area (Å²) in [6.45, 7) is 2.79. The van der Waals surface area contributed by atoms with Crippen LogP contribution in [0.2, 0.25) is 0 Å². The molecule has 0 saturated carbocycles. The smallest absolute Gasteiger partial charge is 0.370 e.